The molecule has 26 heavy (non-hydrogen) atoms. The zero-order valence-electron chi connectivity index (χ0n) is 12.7. The Labute approximate surface area is 179 Å². The maximum Gasteiger partial charge on any atom is 0.151 e. The summed E-state index contributed by atoms with van der Waals surface area (Å²) in [6.07, 6.45) is 3.69. The van der Waals surface area contributed by atoms with Crippen molar-refractivity contribution in [3.05, 3.63) is 72.4 Å². The number of hydrogen-bond donors (Lipinski definition) is 0. The van der Waals surface area contributed by atoms with Crippen LogP contribution in [0.1, 0.15) is 10.4 Å². The summed E-state index contributed by atoms with van der Waals surface area (Å²) >= 11 is 37.0. The number of benzene rings is 2. The van der Waals surface area contributed by atoms with Crippen LogP contribution in [-0.2, 0) is 0 Å². The van der Waals surface area contributed by atoms with Crippen LogP contribution in [-0.4, -0.2) is 11.3 Å². The van der Waals surface area contributed by atoms with Crippen molar-refractivity contribution in [3.63, 3.8) is 0 Å². The van der Waals surface area contributed by atoms with Crippen molar-refractivity contribution < 1.29 is 4.79 Å². The number of halogens is 6. The molecule has 0 amide bonds. The minimum atomic E-state index is 0.258. The molecule has 0 spiro atoms. The maximum absolute atomic E-state index is 11.9. The van der Waals surface area contributed by atoms with Crippen LogP contribution in [0.25, 0.3) is 22.3 Å². The predicted octanol–water partition coefficient (Wildman–Crippen LogP) is 8.15. The average Bonchev–Trinajstić information content (AvgIpc) is 2.60. The van der Waals surface area contributed by atoms with Gasteiger partial charge in [0.1, 0.15) is 0 Å². The molecule has 0 unspecified atom stereocenters. The Balaban J connectivity index is 2.34. The average molecular weight is 466 g/mol. The monoisotopic (exact) mass is 463 g/mol. The third-order valence-corrected chi connectivity index (χ3v) is 5.71. The second kappa shape index (κ2) is 7.93. The fourth-order valence-electron chi connectivity index (χ4n) is 2.53. The van der Waals surface area contributed by atoms with E-state index in [-0.39, 0.29) is 20.1 Å². The van der Waals surface area contributed by atoms with Crippen molar-refractivity contribution in [2.24, 2.45) is 0 Å². The number of rotatable bonds is 3. The minimum Gasteiger partial charge on any atom is -0.298 e. The van der Waals surface area contributed by atoms with E-state index in [0.717, 1.165) is 0 Å². The number of aldehydes is 1. The zero-order chi connectivity index (χ0) is 19.0. The predicted molar refractivity (Wildman–Crippen MR) is 111 cm³/mol. The second-order valence-corrected chi connectivity index (χ2v) is 7.71. The van der Waals surface area contributed by atoms with E-state index in [9.17, 15) is 4.79 Å². The first-order valence-electron chi connectivity index (χ1n) is 7.06. The molecule has 0 aliphatic rings. The quantitative estimate of drug-likeness (QED) is 0.288. The molecule has 0 saturated carbocycles. The molecule has 1 heterocycles. The molecule has 1 aromatic heterocycles. The van der Waals surface area contributed by atoms with Gasteiger partial charge in [0.05, 0.1) is 20.1 Å². The Bertz CT molecular complexity index is 959. The first-order chi connectivity index (χ1) is 12.3. The van der Waals surface area contributed by atoms with E-state index in [1.807, 2.05) is 0 Å². The van der Waals surface area contributed by atoms with Gasteiger partial charge >= 0.3 is 0 Å². The highest BCUT2D eigenvalue weighted by Crippen LogP contribution is 2.42. The Morgan fingerprint density at radius 2 is 1.08 bits per heavy atom. The second-order valence-electron chi connectivity index (χ2n) is 5.26. The molecule has 3 rings (SSSR count). The summed E-state index contributed by atoms with van der Waals surface area (Å²) in [7, 11) is 0. The molecule has 0 fully saturated rings. The molecule has 0 radical (unpaired) electrons. The summed E-state index contributed by atoms with van der Waals surface area (Å²) in [6, 6.07) is 6.24. The van der Waals surface area contributed by atoms with Crippen LogP contribution in [0.2, 0.25) is 30.1 Å². The van der Waals surface area contributed by atoms with Crippen molar-refractivity contribution in [1.29, 1.82) is 0 Å². The molecule has 0 aliphatic carbocycles. The molecular formula is C18H7Cl6NO. The summed E-state index contributed by atoms with van der Waals surface area (Å²) in [5.74, 6) is 0. The lowest BCUT2D eigenvalue weighted by Crippen LogP contribution is -1.96. The topological polar surface area (TPSA) is 30.0 Å². The molecule has 2 aromatic carbocycles. The van der Waals surface area contributed by atoms with Crippen LogP contribution < -0.4 is 0 Å². The zero-order valence-corrected chi connectivity index (χ0v) is 17.2. The standard InChI is InChI=1S/C18H7Cl6NO/c19-8-1-10(17(23)15(21)3-8)12-5-25-6-13(14(12)7-26)11-2-9(20)4-16(22)18(11)24/h1-7H. The summed E-state index contributed by atoms with van der Waals surface area (Å²) < 4.78 is 0. The van der Waals surface area contributed by atoms with Gasteiger partial charge in [-0.05, 0) is 24.3 Å². The van der Waals surface area contributed by atoms with Crippen molar-refractivity contribution in [2.75, 3.05) is 0 Å². The lowest BCUT2D eigenvalue weighted by molar-refractivity contribution is 0.112. The van der Waals surface area contributed by atoms with Crippen molar-refractivity contribution >= 4 is 75.9 Å². The van der Waals surface area contributed by atoms with Gasteiger partial charge in [-0.3, -0.25) is 9.78 Å². The lowest BCUT2D eigenvalue weighted by atomic mass is 9.95. The van der Waals surface area contributed by atoms with E-state index < -0.39 is 0 Å². The normalized spacial score (nSPS) is 10.8. The Morgan fingerprint density at radius 3 is 1.46 bits per heavy atom. The number of carbonyl (C=O) groups excluding carboxylic acids is 1. The summed E-state index contributed by atoms with van der Waals surface area (Å²) in [5, 5.41) is 1.79. The molecule has 0 aliphatic heterocycles. The Hall–Kier alpha value is -1.000. The van der Waals surface area contributed by atoms with Crippen molar-refractivity contribution in [2.45, 2.75) is 0 Å². The van der Waals surface area contributed by atoms with E-state index in [0.29, 0.717) is 44.1 Å². The molecule has 2 nitrogen and oxygen atoms in total. The highest BCUT2D eigenvalue weighted by molar-refractivity contribution is 6.46. The van der Waals surface area contributed by atoms with Gasteiger partial charge in [-0.2, -0.15) is 0 Å². The van der Waals surface area contributed by atoms with Crippen LogP contribution in [0.4, 0.5) is 0 Å². The Kier molecular flexibility index (Phi) is 6.03. The van der Waals surface area contributed by atoms with Gasteiger partial charge < -0.3 is 0 Å². The number of hydrogen-bond acceptors (Lipinski definition) is 2. The summed E-state index contributed by atoms with van der Waals surface area (Å²) in [6.45, 7) is 0. The van der Waals surface area contributed by atoms with E-state index in [1.54, 1.807) is 12.1 Å². The highest BCUT2D eigenvalue weighted by atomic mass is 35.5. The van der Waals surface area contributed by atoms with E-state index in [4.69, 9.17) is 69.6 Å². The molecular weight excluding hydrogens is 459 g/mol. The number of pyridine rings is 1. The molecule has 0 N–H and O–H groups in total. The van der Waals surface area contributed by atoms with E-state index >= 15 is 0 Å². The van der Waals surface area contributed by atoms with Gasteiger partial charge in [0.2, 0.25) is 0 Å². The largest absolute Gasteiger partial charge is 0.298 e. The van der Waals surface area contributed by atoms with Gasteiger partial charge in [-0.1, -0.05) is 69.6 Å². The van der Waals surface area contributed by atoms with Gasteiger partial charge in [-0.25, -0.2) is 0 Å². The van der Waals surface area contributed by atoms with Crippen LogP contribution in [0.5, 0.6) is 0 Å². The summed E-state index contributed by atoms with van der Waals surface area (Å²) in [5.41, 5.74) is 2.17. The molecule has 3 aromatic rings. The minimum absolute atomic E-state index is 0.258. The smallest absolute Gasteiger partial charge is 0.151 e. The fraction of sp³-hybridized carbons (Fsp3) is 0. The van der Waals surface area contributed by atoms with Crippen molar-refractivity contribution in [1.82, 2.24) is 4.98 Å². The lowest BCUT2D eigenvalue weighted by Gasteiger charge is -2.14. The first-order valence-corrected chi connectivity index (χ1v) is 9.33. The highest BCUT2D eigenvalue weighted by Gasteiger charge is 2.19. The molecule has 132 valence electrons. The van der Waals surface area contributed by atoms with E-state index in [1.165, 1.54) is 24.5 Å². The number of nitrogens with zero attached hydrogens (tertiary/aromatic N) is 1. The number of aromatic nitrogens is 1. The van der Waals surface area contributed by atoms with Crippen LogP contribution >= 0.6 is 69.6 Å². The van der Waals surface area contributed by atoms with E-state index in [2.05, 4.69) is 4.98 Å². The van der Waals surface area contributed by atoms with Crippen molar-refractivity contribution in [3.8, 4) is 22.3 Å². The molecule has 0 saturated heterocycles. The molecule has 0 bridgehead atoms. The van der Waals surface area contributed by atoms with Gasteiger partial charge in [0, 0.05) is 50.3 Å². The maximum atomic E-state index is 11.9. The molecule has 8 heteroatoms. The third kappa shape index (κ3) is 3.68. The van der Waals surface area contributed by atoms with Gasteiger partial charge in [0.25, 0.3) is 0 Å². The van der Waals surface area contributed by atoms with Crippen LogP contribution in [0, 0.1) is 0 Å². The summed E-state index contributed by atoms with van der Waals surface area (Å²) in [4.78, 5) is 16.1. The Morgan fingerprint density at radius 1 is 0.654 bits per heavy atom. The van der Waals surface area contributed by atoms with Gasteiger partial charge in [0.15, 0.2) is 6.29 Å². The van der Waals surface area contributed by atoms with Crippen LogP contribution in [0.15, 0.2) is 36.7 Å². The molecule has 0 atom stereocenters. The SMILES string of the molecule is O=Cc1c(-c2cc(Cl)cc(Cl)c2Cl)cncc1-c1cc(Cl)cc(Cl)c1Cl. The third-order valence-electron chi connectivity index (χ3n) is 3.67. The number of carbonyl (C=O) groups is 1. The van der Waals surface area contributed by atoms with Crippen LogP contribution in [0.3, 0.4) is 0 Å². The fourth-order valence-corrected chi connectivity index (χ4v) is 3.94. The first kappa shape index (κ1) is 19.8. The van der Waals surface area contributed by atoms with Gasteiger partial charge in [-0.15, -0.1) is 0 Å².